The van der Waals surface area contributed by atoms with E-state index in [1.807, 2.05) is 30.3 Å². The molecule has 4 nitrogen and oxygen atoms in total. The molecule has 0 atom stereocenters. The number of esters is 1. The van der Waals surface area contributed by atoms with Crippen LogP contribution in [0.3, 0.4) is 0 Å². The van der Waals surface area contributed by atoms with Gasteiger partial charge in [0, 0.05) is 16.6 Å². The van der Waals surface area contributed by atoms with Crippen LogP contribution in [0, 0.1) is 0 Å². The van der Waals surface area contributed by atoms with Crippen LogP contribution < -0.4 is 4.74 Å². The third-order valence-electron chi connectivity index (χ3n) is 3.44. The maximum absolute atomic E-state index is 11.6. The Kier molecular flexibility index (Phi) is 3.36. The molecule has 0 saturated carbocycles. The average molecular weight is 281 g/mol. The van der Waals surface area contributed by atoms with Crippen LogP contribution in [0.5, 0.6) is 5.75 Å². The van der Waals surface area contributed by atoms with Gasteiger partial charge >= 0.3 is 5.97 Å². The molecule has 0 aliphatic carbocycles. The molecule has 0 spiro atoms. The average Bonchev–Trinajstić information content (AvgIpc) is 2.97. The van der Waals surface area contributed by atoms with Gasteiger partial charge in [0.05, 0.1) is 19.8 Å². The Hall–Kier alpha value is -2.75. The minimum Gasteiger partial charge on any atom is -0.497 e. The van der Waals surface area contributed by atoms with E-state index in [9.17, 15) is 4.79 Å². The predicted molar refractivity (Wildman–Crippen MR) is 81.6 cm³/mol. The summed E-state index contributed by atoms with van der Waals surface area (Å²) < 4.78 is 9.89. The van der Waals surface area contributed by atoms with Crippen molar-refractivity contribution in [2.24, 2.45) is 0 Å². The van der Waals surface area contributed by atoms with Crippen LogP contribution in [0.15, 0.2) is 48.5 Å². The number of carbonyl (C=O) groups excluding carboxylic acids is 1. The highest BCUT2D eigenvalue weighted by molar-refractivity contribution is 5.95. The lowest BCUT2D eigenvalue weighted by molar-refractivity contribution is 0.0601. The number of benzene rings is 2. The molecule has 0 aliphatic rings. The Bertz CT molecular complexity index is 787. The van der Waals surface area contributed by atoms with Gasteiger partial charge in [0.2, 0.25) is 0 Å². The van der Waals surface area contributed by atoms with E-state index in [1.165, 1.54) is 7.11 Å². The fourth-order valence-corrected chi connectivity index (χ4v) is 2.30. The SMILES string of the molecule is COC(=O)c1ccc2cc(-c3ccc(OC)cc3)[nH]c2c1. The van der Waals surface area contributed by atoms with E-state index in [1.54, 1.807) is 19.2 Å². The summed E-state index contributed by atoms with van der Waals surface area (Å²) in [5.41, 5.74) is 3.50. The van der Waals surface area contributed by atoms with E-state index in [0.29, 0.717) is 5.56 Å². The molecule has 0 unspecified atom stereocenters. The lowest BCUT2D eigenvalue weighted by atomic mass is 10.1. The molecule has 1 N–H and O–H groups in total. The summed E-state index contributed by atoms with van der Waals surface area (Å²) in [6.07, 6.45) is 0. The van der Waals surface area contributed by atoms with Crippen LogP contribution in [-0.2, 0) is 4.74 Å². The minimum absolute atomic E-state index is 0.336. The van der Waals surface area contributed by atoms with Gasteiger partial charge < -0.3 is 14.5 Å². The van der Waals surface area contributed by atoms with E-state index in [0.717, 1.165) is 27.9 Å². The van der Waals surface area contributed by atoms with Crippen LogP contribution >= 0.6 is 0 Å². The minimum atomic E-state index is -0.336. The quantitative estimate of drug-likeness (QED) is 0.746. The Morgan fingerprint density at radius 1 is 1.00 bits per heavy atom. The van der Waals surface area contributed by atoms with Crippen LogP contribution in [0.2, 0.25) is 0 Å². The fraction of sp³-hybridized carbons (Fsp3) is 0.118. The molecule has 1 aromatic heterocycles. The Balaban J connectivity index is 2.01. The summed E-state index contributed by atoms with van der Waals surface area (Å²) in [4.78, 5) is 14.9. The molecule has 0 fully saturated rings. The third kappa shape index (κ3) is 2.48. The normalized spacial score (nSPS) is 10.6. The van der Waals surface area contributed by atoms with Gasteiger partial charge in [-0.25, -0.2) is 4.79 Å². The van der Waals surface area contributed by atoms with E-state index in [4.69, 9.17) is 9.47 Å². The van der Waals surface area contributed by atoms with Crippen molar-refractivity contribution in [3.05, 3.63) is 54.1 Å². The number of fused-ring (bicyclic) bond motifs is 1. The van der Waals surface area contributed by atoms with Gasteiger partial charge in [-0.05, 0) is 48.0 Å². The summed E-state index contributed by atoms with van der Waals surface area (Å²) in [5.74, 6) is 0.486. The lowest BCUT2D eigenvalue weighted by Gasteiger charge is -2.01. The zero-order valence-corrected chi connectivity index (χ0v) is 11.8. The highest BCUT2D eigenvalue weighted by Crippen LogP contribution is 2.26. The number of ether oxygens (including phenoxy) is 2. The Morgan fingerprint density at radius 2 is 1.76 bits per heavy atom. The molecule has 0 saturated heterocycles. The summed E-state index contributed by atoms with van der Waals surface area (Å²) in [6, 6.07) is 15.3. The van der Waals surface area contributed by atoms with Crippen LogP contribution in [0.25, 0.3) is 22.2 Å². The number of nitrogens with one attached hydrogen (secondary N) is 1. The molecular weight excluding hydrogens is 266 g/mol. The molecule has 3 aromatic rings. The lowest BCUT2D eigenvalue weighted by Crippen LogP contribution is -2.00. The first-order valence-electron chi connectivity index (χ1n) is 6.57. The van der Waals surface area contributed by atoms with Crippen LogP contribution in [0.4, 0.5) is 0 Å². The third-order valence-corrected chi connectivity index (χ3v) is 3.44. The topological polar surface area (TPSA) is 51.3 Å². The van der Waals surface area contributed by atoms with Gasteiger partial charge in [-0.2, -0.15) is 0 Å². The molecule has 4 heteroatoms. The first-order chi connectivity index (χ1) is 10.2. The Morgan fingerprint density at radius 3 is 2.43 bits per heavy atom. The van der Waals surface area contributed by atoms with Crippen molar-refractivity contribution in [3.8, 4) is 17.0 Å². The molecule has 106 valence electrons. The standard InChI is InChI=1S/C17H15NO3/c1-20-14-7-5-11(6-8-14)15-9-12-3-4-13(17(19)21-2)10-16(12)18-15/h3-10,18H,1-2H3. The smallest absolute Gasteiger partial charge is 0.337 e. The van der Waals surface area contributed by atoms with Crippen molar-refractivity contribution in [2.45, 2.75) is 0 Å². The number of aromatic nitrogens is 1. The predicted octanol–water partition coefficient (Wildman–Crippen LogP) is 3.63. The Labute approximate surface area is 122 Å². The summed E-state index contributed by atoms with van der Waals surface area (Å²) in [5, 5.41) is 1.05. The van der Waals surface area contributed by atoms with Crippen molar-refractivity contribution in [1.82, 2.24) is 4.98 Å². The van der Waals surface area contributed by atoms with E-state index >= 15 is 0 Å². The number of methoxy groups -OCH3 is 2. The molecule has 3 rings (SSSR count). The zero-order valence-electron chi connectivity index (χ0n) is 11.8. The highest BCUT2D eigenvalue weighted by atomic mass is 16.5. The first kappa shape index (κ1) is 13.2. The molecule has 0 radical (unpaired) electrons. The number of rotatable bonds is 3. The van der Waals surface area contributed by atoms with E-state index in [2.05, 4.69) is 11.1 Å². The van der Waals surface area contributed by atoms with Gasteiger partial charge in [0.25, 0.3) is 0 Å². The van der Waals surface area contributed by atoms with Gasteiger partial charge in [-0.3, -0.25) is 0 Å². The fourth-order valence-electron chi connectivity index (χ4n) is 2.30. The highest BCUT2D eigenvalue weighted by Gasteiger charge is 2.08. The maximum atomic E-state index is 11.6. The van der Waals surface area contributed by atoms with Crippen molar-refractivity contribution in [2.75, 3.05) is 14.2 Å². The second-order valence-electron chi connectivity index (χ2n) is 4.71. The van der Waals surface area contributed by atoms with Crippen LogP contribution in [0.1, 0.15) is 10.4 Å². The van der Waals surface area contributed by atoms with Crippen LogP contribution in [-0.4, -0.2) is 25.2 Å². The van der Waals surface area contributed by atoms with Gasteiger partial charge in [0.1, 0.15) is 5.75 Å². The van der Waals surface area contributed by atoms with Crippen molar-refractivity contribution < 1.29 is 14.3 Å². The molecule has 0 amide bonds. The molecule has 21 heavy (non-hydrogen) atoms. The molecular formula is C17H15NO3. The zero-order chi connectivity index (χ0) is 14.8. The number of hydrogen-bond acceptors (Lipinski definition) is 3. The molecule has 2 aromatic carbocycles. The van der Waals surface area contributed by atoms with Gasteiger partial charge in [-0.15, -0.1) is 0 Å². The van der Waals surface area contributed by atoms with Crippen molar-refractivity contribution >= 4 is 16.9 Å². The monoisotopic (exact) mass is 281 g/mol. The largest absolute Gasteiger partial charge is 0.497 e. The summed E-state index contributed by atoms with van der Waals surface area (Å²) in [6.45, 7) is 0. The molecule has 1 heterocycles. The summed E-state index contributed by atoms with van der Waals surface area (Å²) in [7, 11) is 3.02. The summed E-state index contributed by atoms with van der Waals surface area (Å²) >= 11 is 0. The number of hydrogen-bond donors (Lipinski definition) is 1. The van der Waals surface area contributed by atoms with E-state index in [-0.39, 0.29) is 5.97 Å². The second kappa shape index (κ2) is 5.32. The molecule has 0 aliphatic heterocycles. The van der Waals surface area contributed by atoms with Crippen molar-refractivity contribution in [3.63, 3.8) is 0 Å². The number of carbonyl (C=O) groups is 1. The molecule has 0 bridgehead atoms. The number of H-pyrrole nitrogens is 1. The maximum Gasteiger partial charge on any atom is 0.337 e. The van der Waals surface area contributed by atoms with Gasteiger partial charge in [-0.1, -0.05) is 6.07 Å². The van der Waals surface area contributed by atoms with Gasteiger partial charge in [0.15, 0.2) is 0 Å². The number of aromatic amines is 1. The van der Waals surface area contributed by atoms with E-state index < -0.39 is 0 Å². The first-order valence-corrected chi connectivity index (χ1v) is 6.57. The van der Waals surface area contributed by atoms with Crippen molar-refractivity contribution in [1.29, 1.82) is 0 Å². The second-order valence-corrected chi connectivity index (χ2v) is 4.71.